The molecule has 1 saturated carbocycles. The summed E-state index contributed by atoms with van der Waals surface area (Å²) in [6.45, 7) is 0.738. The first-order valence-corrected chi connectivity index (χ1v) is 8.29. The van der Waals surface area contributed by atoms with Crippen LogP contribution in [0.25, 0.3) is 10.6 Å². The molecule has 0 bridgehead atoms. The van der Waals surface area contributed by atoms with Crippen LogP contribution in [0.5, 0.6) is 0 Å². The van der Waals surface area contributed by atoms with Crippen molar-refractivity contribution in [1.82, 2.24) is 15.1 Å². The third-order valence-corrected chi connectivity index (χ3v) is 5.52. The Hall–Kier alpha value is -1.70. The molecule has 116 valence electrons. The number of rotatable bonds is 3. The molecule has 4 rings (SSSR count). The fourth-order valence-corrected chi connectivity index (χ4v) is 4.16. The molecule has 0 aromatic carbocycles. The predicted molar refractivity (Wildman–Crippen MR) is 83.6 cm³/mol. The molecule has 1 saturated heterocycles. The lowest BCUT2D eigenvalue weighted by Gasteiger charge is -2.45. The van der Waals surface area contributed by atoms with E-state index in [-0.39, 0.29) is 24.1 Å². The second-order valence-corrected chi connectivity index (χ2v) is 6.83. The van der Waals surface area contributed by atoms with Gasteiger partial charge in [-0.3, -0.25) is 9.48 Å². The molecule has 3 N–H and O–H groups in total. The summed E-state index contributed by atoms with van der Waals surface area (Å²) in [5, 5.41) is 9.30. The minimum Gasteiger partial charge on any atom is -0.376 e. The van der Waals surface area contributed by atoms with E-state index in [2.05, 4.69) is 10.4 Å². The minimum atomic E-state index is -0.187. The monoisotopic (exact) mass is 318 g/mol. The number of hydrogen-bond acceptors (Lipinski definition) is 5. The molecule has 3 heterocycles. The summed E-state index contributed by atoms with van der Waals surface area (Å²) in [7, 11) is 1.84. The number of nitrogens with one attached hydrogen (secondary N) is 1. The van der Waals surface area contributed by atoms with Crippen molar-refractivity contribution >= 4 is 17.2 Å². The number of carbonyl (C=O) groups is 1. The van der Waals surface area contributed by atoms with Gasteiger partial charge in [0.1, 0.15) is 0 Å². The van der Waals surface area contributed by atoms with E-state index in [0.717, 1.165) is 23.6 Å². The molecule has 1 aliphatic heterocycles. The van der Waals surface area contributed by atoms with Crippen molar-refractivity contribution in [2.45, 2.75) is 24.6 Å². The predicted octanol–water partition coefficient (Wildman–Crippen LogP) is 0.993. The van der Waals surface area contributed by atoms with Gasteiger partial charge in [0.05, 0.1) is 22.7 Å². The largest absolute Gasteiger partial charge is 0.376 e. The van der Waals surface area contributed by atoms with Crippen molar-refractivity contribution in [3.8, 4) is 10.6 Å². The Kier molecular flexibility index (Phi) is 3.28. The summed E-state index contributed by atoms with van der Waals surface area (Å²) in [6, 6.07) is 5.70. The van der Waals surface area contributed by atoms with Crippen LogP contribution in [0, 0.1) is 5.92 Å². The summed E-state index contributed by atoms with van der Waals surface area (Å²) in [6.07, 6.45) is 1.06. The van der Waals surface area contributed by atoms with E-state index in [1.54, 1.807) is 16.0 Å². The highest BCUT2D eigenvalue weighted by molar-refractivity contribution is 7.13. The number of fused-ring (bicyclic) bond motifs is 1. The van der Waals surface area contributed by atoms with Crippen molar-refractivity contribution in [3.05, 3.63) is 29.3 Å². The number of thiophene rings is 1. The molecule has 7 heteroatoms. The van der Waals surface area contributed by atoms with E-state index >= 15 is 0 Å². The van der Waals surface area contributed by atoms with E-state index < -0.39 is 0 Å². The van der Waals surface area contributed by atoms with Gasteiger partial charge in [0, 0.05) is 25.6 Å². The molecule has 2 aromatic heterocycles. The highest BCUT2D eigenvalue weighted by Gasteiger charge is 2.52. The molecular weight excluding hydrogens is 300 g/mol. The SMILES string of the molecule is Cn1nc(C(=O)N[C@@H]2[C@@H](N)[C@H]3CCO[C@H]32)cc1-c1cccs1. The first-order valence-electron chi connectivity index (χ1n) is 7.41. The van der Waals surface area contributed by atoms with Gasteiger partial charge in [-0.25, -0.2) is 0 Å². The third-order valence-electron chi connectivity index (χ3n) is 4.63. The lowest BCUT2D eigenvalue weighted by Crippen LogP contribution is -2.69. The lowest BCUT2D eigenvalue weighted by atomic mass is 9.72. The van der Waals surface area contributed by atoms with Crippen LogP contribution < -0.4 is 11.1 Å². The second kappa shape index (κ2) is 5.19. The summed E-state index contributed by atoms with van der Waals surface area (Å²) < 4.78 is 7.37. The summed E-state index contributed by atoms with van der Waals surface area (Å²) in [5.74, 6) is 0.198. The maximum Gasteiger partial charge on any atom is 0.272 e. The fourth-order valence-electron chi connectivity index (χ4n) is 3.39. The number of aromatic nitrogens is 2. The van der Waals surface area contributed by atoms with Crippen molar-refractivity contribution in [2.75, 3.05) is 6.61 Å². The first-order chi connectivity index (χ1) is 10.6. The quantitative estimate of drug-likeness (QED) is 0.884. The molecule has 4 atom stereocenters. The number of amides is 1. The Balaban J connectivity index is 1.50. The Morgan fingerprint density at radius 1 is 1.59 bits per heavy atom. The molecule has 0 radical (unpaired) electrons. The van der Waals surface area contributed by atoms with Crippen molar-refractivity contribution in [2.24, 2.45) is 18.7 Å². The maximum absolute atomic E-state index is 12.4. The number of ether oxygens (including phenoxy) is 1. The van der Waals surface area contributed by atoms with Crippen LogP contribution in [0.3, 0.4) is 0 Å². The zero-order chi connectivity index (χ0) is 15.3. The van der Waals surface area contributed by atoms with Crippen LogP contribution in [0.15, 0.2) is 23.6 Å². The second-order valence-electron chi connectivity index (χ2n) is 5.88. The summed E-state index contributed by atoms with van der Waals surface area (Å²) in [5.41, 5.74) is 7.48. The Morgan fingerprint density at radius 2 is 2.45 bits per heavy atom. The molecule has 1 aliphatic carbocycles. The van der Waals surface area contributed by atoms with Gasteiger partial charge in [0.2, 0.25) is 0 Å². The van der Waals surface area contributed by atoms with E-state index in [0.29, 0.717) is 11.6 Å². The zero-order valence-corrected chi connectivity index (χ0v) is 13.0. The average molecular weight is 318 g/mol. The summed E-state index contributed by atoms with van der Waals surface area (Å²) in [4.78, 5) is 13.5. The number of aryl methyl sites for hydroxylation is 1. The molecule has 2 fully saturated rings. The third kappa shape index (κ3) is 2.08. The van der Waals surface area contributed by atoms with E-state index in [9.17, 15) is 4.79 Å². The zero-order valence-electron chi connectivity index (χ0n) is 12.2. The molecule has 0 spiro atoms. The van der Waals surface area contributed by atoms with Crippen molar-refractivity contribution in [1.29, 1.82) is 0 Å². The van der Waals surface area contributed by atoms with Crippen LogP contribution in [0.2, 0.25) is 0 Å². The lowest BCUT2D eigenvalue weighted by molar-refractivity contribution is -0.0161. The number of nitrogens with zero attached hydrogens (tertiary/aromatic N) is 2. The topological polar surface area (TPSA) is 82.2 Å². The van der Waals surface area contributed by atoms with E-state index in [1.807, 2.05) is 30.6 Å². The Labute approximate surface area is 132 Å². The van der Waals surface area contributed by atoms with Gasteiger partial charge >= 0.3 is 0 Å². The molecule has 2 aliphatic rings. The van der Waals surface area contributed by atoms with E-state index in [1.165, 1.54) is 0 Å². The normalized spacial score (nSPS) is 29.9. The number of hydrogen-bond donors (Lipinski definition) is 2. The van der Waals surface area contributed by atoms with Gasteiger partial charge in [-0.2, -0.15) is 5.10 Å². The van der Waals surface area contributed by atoms with Gasteiger partial charge in [-0.1, -0.05) is 6.07 Å². The minimum absolute atomic E-state index is 0.0167. The molecule has 22 heavy (non-hydrogen) atoms. The van der Waals surface area contributed by atoms with Crippen LogP contribution >= 0.6 is 11.3 Å². The maximum atomic E-state index is 12.4. The van der Waals surface area contributed by atoms with Gasteiger partial charge in [0.15, 0.2) is 5.69 Å². The average Bonchev–Trinajstić information content (AvgIpc) is 3.23. The van der Waals surface area contributed by atoms with Crippen molar-refractivity contribution in [3.63, 3.8) is 0 Å². The van der Waals surface area contributed by atoms with Crippen LogP contribution in [-0.2, 0) is 11.8 Å². The molecule has 2 aromatic rings. The highest BCUT2D eigenvalue weighted by Crippen LogP contribution is 2.37. The van der Waals surface area contributed by atoms with Gasteiger partial charge in [-0.15, -0.1) is 11.3 Å². The number of nitrogens with two attached hydrogens (primary N) is 1. The van der Waals surface area contributed by atoms with Crippen LogP contribution in [-0.4, -0.2) is 40.5 Å². The van der Waals surface area contributed by atoms with Gasteiger partial charge in [-0.05, 0) is 23.9 Å². The Morgan fingerprint density at radius 3 is 3.23 bits per heavy atom. The first kappa shape index (κ1) is 13.9. The number of carbonyl (C=O) groups excluding carboxylic acids is 1. The Bertz CT molecular complexity index is 696. The van der Waals surface area contributed by atoms with Crippen LogP contribution in [0.1, 0.15) is 16.9 Å². The summed E-state index contributed by atoms with van der Waals surface area (Å²) >= 11 is 1.63. The molecule has 6 nitrogen and oxygen atoms in total. The standard InChI is InChI=1S/C15H18N4O2S/c1-19-10(11-3-2-6-22-11)7-9(18-19)15(20)17-13-12(16)8-4-5-21-14(8)13/h2-3,6-8,12-14H,4-5,16H2,1H3,(H,17,20)/t8-,12+,13-,14-/m1/s1. The molecular formula is C15H18N4O2S. The molecule has 0 unspecified atom stereocenters. The highest BCUT2D eigenvalue weighted by atomic mass is 32.1. The van der Waals surface area contributed by atoms with Crippen LogP contribution in [0.4, 0.5) is 0 Å². The smallest absolute Gasteiger partial charge is 0.272 e. The van der Waals surface area contributed by atoms with E-state index in [4.69, 9.17) is 10.5 Å². The van der Waals surface area contributed by atoms with Gasteiger partial charge in [0.25, 0.3) is 5.91 Å². The van der Waals surface area contributed by atoms with Crippen molar-refractivity contribution < 1.29 is 9.53 Å². The fraction of sp³-hybridized carbons (Fsp3) is 0.467. The van der Waals surface area contributed by atoms with Gasteiger partial charge < -0.3 is 15.8 Å². The molecule has 1 amide bonds.